The van der Waals surface area contributed by atoms with Crippen molar-refractivity contribution in [3.63, 3.8) is 0 Å². The van der Waals surface area contributed by atoms with Crippen LogP contribution in [0.4, 0.5) is 5.95 Å². The van der Waals surface area contributed by atoms with Crippen LogP contribution in [0.25, 0.3) is 5.95 Å². The van der Waals surface area contributed by atoms with Gasteiger partial charge in [0.05, 0.1) is 6.61 Å². The smallest absolute Gasteiger partial charge is 0.323 e. The fourth-order valence-electron chi connectivity index (χ4n) is 1.23. The van der Waals surface area contributed by atoms with E-state index in [0.717, 1.165) is 12.0 Å². The Labute approximate surface area is 104 Å². The van der Waals surface area contributed by atoms with E-state index in [-0.39, 0.29) is 12.0 Å². The largest absolute Gasteiger partial charge is 0.463 e. The number of nitrogens with zero attached hydrogens (tertiary/aromatic N) is 5. The molecule has 0 saturated carbocycles. The Kier molecular flexibility index (Phi) is 3.52. The average Bonchev–Trinajstić information content (AvgIpc) is 2.81. The first-order valence-electron chi connectivity index (χ1n) is 5.42. The number of imidazole rings is 1. The standard InChI is InChI=1S/C11H14N6O/c1-8(2)3-6-18-11-15-9(12)14-10(16-11)17-5-4-13-7-17/h4-5,7H,1,3,6H2,2H3,(H2,12,14,15,16). The monoisotopic (exact) mass is 246 g/mol. The van der Waals surface area contributed by atoms with Crippen LogP contribution in [0.3, 0.4) is 0 Å². The fraction of sp³-hybridized carbons (Fsp3) is 0.273. The molecule has 7 heteroatoms. The summed E-state index contributed by atoms with van der Waals surface area (Å²) in [6.07, 6.45) is 5.66. The van der Waals surface area contributed by atoms with Crippen molar-refractivity contribution < 1.29 is 4.74 Å². The molecule has 0 bridgehead atoms. The van der Waals surface area contributed by atoms with Gasteiger partial charge < -0.3 is 10.5 Å². The molecule has 0 aromatic carbocycles. The molecule has 18 heavy (non-hydrogen) atoms. The number of nitrogen functional groups attached to an aromatic ring is 1. The highest BCUT2D eigenvalue weighted by molar-refractivity contribution is 5.25. The van der Waals surface area contributed by atoms with E-state index in [1.54, 1.807) is 23.3 Å². The topological polar surface area (TPSA) is 91.7 Å². The summed E-state index contributed by atoms with van der Waals surface area (Å²) in [6.45, 7) is 6.18. The molecule has 94 valence electrons. The van der Waals surface area contributed by atoms with Crippen molar-refractivity contribution in [1.82, 2.24) is 24.5 Å². The second-order valence-corrected chi connectivity index (χ2v) is 3.80. The molecule has 2 rings (SSSR count). The molecule has 2 aromatic heterocycles. The van der Waals surface area contributed by atoms with Crippen LogP contribution in [-0.2, 0) is 0 Å². The zero-order chi connectivity index (χ0) is 13.0. The minimum atomic E-state index is 0.110. The van der Waals surface area contributed by atoms with Crippen molar-refractivity contribution >= 4 is 5.95 Å². The quantitative estimate of drug-likeness (QED) is 0.791. The summed E-state index contributed by atoms with van der Waals surface area (Å²) in [5.74, 6) is 0.490. The fourth-order valence-corrected chi connectivity index (χ4v) is 1.23. The summed E-state index contributed by atoms with van der Waals surface area (Å²) in [5, 5.41) is 0. The number of hydrogen-bond acceptors (Lipinski definition) is 6. The molecule has 7 nitrogen and oxygen atoms in total. The molecule has 0 aliphatic heterocycles. The summed E-state index contributed by atoms with van der Waals surface area (Å²) in [7, 11) is 0. The Morgan fingerprint density at radius 3 is 2.94 bits per heavy atom. The van der Waals surface area contributed by atoms with Crippen LogP contribution in [0.1, 0.15) is 13.3 Å². The van der Waals surface area contributed by atoms with Crippen molar-refractivity contribution in [3.05, 3.63) is 30.9 Å². The molecule has 0 amide bonds. The van der Waals surface area contributed by atoms with Gasteiger partial charge in [-0.1, -0.05) is 5.57 Å². The lowest BCUT2D eigenvalue weighted by atomic mass is 10.3. The maximum absolute atomic E-state index is 5.60. The van der Waals surface area contributed by atoms with Gasteiger partial charge in [0, 0.05) is 18.8 Å². The molecule has 0 fully saturated rings. The van der Waals surface area contributed by atoms with Crippen molar-refractivity contribution in [2.75, 3.05) is 12.3 Å². The third kappa shape index (κ3) is 3.03. The van der Waals surface area contributed by atoms with Crippen LogP contribution >= 0.6 is 0 Å². The molecule has 0 spiro atoms. The minimum Gasteiger partial charge on any atom is -0.463 e. The van der Waals surface area contributed by atoms with Gasteiger partial charge in [-0.2, -0.15) is 15.0 Å². The molecule has 0 unspecified atom stereocenters. The van der Waals surface area contributed by atoms with E-state index in [1.807, 2.05) is 6.92 Å². The molecule has 2 heterocycles. The van der Waals surface area contributed by atoms with E-state index in [2.05, 4.69) is 26.5 Å². The molecule has 0 aliphatic rings. The maximum atomic E-state index is 5.60. The molecule has 0 radical (unpaired) electrons. The SMILES string of the molecule is C=C(C)CCOc1nc(N)nc(-n2ccnc2)n1. The minimum absolute atomic E-state index is 0.110. The number of rotatable bonds is 5. The van der Waals surface area contributed by atoms with E-state index in [4.69, 9.17) is 10.5 Å². The normalized spacial score (nSPS) is 10.3. The van der Waals surface area contributed by atoms with Crippen molar-refractivity contribution in [2.24, 2.45) is 0 Å². The number of hydrogen-bond donors (Lipinski definition) is 1. The number of aromatic nitrogens is 5. The van der Waals surface area contributed by atoms with Crippen molar-refractivity contribution in [2.45, 2.75) is 13.3 Å². The van der Waals surface area contributed by atoms with Crippen LogP contribution in [0, 0.1) is 0 Å². The summed E-state index contributed by atoms with van der Waals surface area (Å²) in [6, 6.07) is 0.201. The average molecular weight is 246 g/mol. The van der Waals surface area contributed by atoms with E-state index < -0.39 is 0 Å². The van der Waals surface area contributed by atoms with Gasteiger partial charge in [-0.25, -0.2) is 4.98 Å². The Bertz CT molecular complexity index is 536. The highest BCUT2D eigenvalue weighted by Gasteiger charge is 2.06. The van der Waals surface area contributed by atoms with Crippen LogP contribution in [0.5, 0.6) is 6.01 Å². The highest BCUT2D eigenvalue weighted by Crippen LogP contribution is 2.09. The molecular weight excluding hydrogens is 232 g/mol. The third-order valence-corrected chi connectivity index (χ3v) is 2.12. The number of anilines is 1. The number of nitrogens with two attached hydrogens (primary N) is 1. The van der Waals surface area contributed by atoms with Gasteiger partial charge in [-0.3, -0.25) is 4.57 Å². The number of ether oxygens (including phenoxy) is 1. The first-order valence-corrected chi connectivity index (χ1v) is 5.42. The summed E-state index contributed by atoms with van der Waals surface area (Å²) in [4.78, 5) is 16.0. The predicted octanol–water partition coefficient (Wildman–Crippen LogP) is 0.985. The lowest BCUT2D eigenvalue weighted by Gasteiger charge is -2.06. The molecular formula is C11H14N6O. The van der Waals surface area contributed by atoms with Crippen LogP contribution in [0.2, 0.25) is 0 Å². The summed E-state index contributed by atoms with van der Waals surface area (Å²) < 4.78 is 7.03. The van der Waals surface area contributed by atoms with Crippen LogP contribution in [-0.4, -0.2) is 31.1 Å². The van der Waals surface area contributed by atoms with E-state index in [0.29, 0.717) is 12.6 Å². The van der Waals surface area contributed by atoms with Gasteiger partial charge in [-0.05, 0) is 6.92 Å². The summed E-state index contributed by atoms with van der Waals surface area (Å²) in [5.41, 5.74) is 6.64. The van der Waals surface area contributed by atoms with E-state index in [1.165, 1.54) is 0 Å². The maximum Gasteiger partial charge on any atom is 0.323 e. The Morgan fingerprint density at radius 1 is 1.44 bits per heavy atom. The predicted molar refractivity (Wildman–Crippen MR) is 66.3 cm³/mol. The Balaban J connectivity index is 2.14. The van der Waals surface area contributed by atoms with Crippen LogP contribution < -0.4 is 10.5 Å². The van der Waals surface area contributed by atoms with E-state index in [9.17, 15) is 0 Å². The van der Waals surface area contributed by atoms with Gasteiger partial charge in [0.25, 0.3) is 0 Å². The summed E-state index contributed by atoms with van der Waals surface area (Å²) >= 11 is 0. The van der Waals surface area contributed by atoms with Gasteiger partial charge in [-0.15, -0.1) is 6.58 Å². The van der Waals surface area contributed by atoms with E-state index >= 15 is 0 Å². The van der Waals surface area contributed by atoms with Gasteiger partial charge in [0.15, 0.2) is 0 Å². The van der Waals surface area contributed by atoms with Gasteiger partial charge >= 0.3 is 6.01 Å². The van der Waals surface area contributed by atoms with Gasteiger partial charge in [0.1, 0.15) is 6.33 Å². The van der Waals surface area contributed by atoms with Crippen molar-refractivity contribution in [1.29, 1.82) is 0 Å². The second-order valence-electron chi connectivity index (χ2n) is 3.80. The van der Waals surface area contributed by atoms with Crippen molar-refractivity contribution in [3.8, 4) is 12.0 Å². The molecule has 0 atom stereocenters. The third-order valence-electron chi connectivity index (χ3n) is 2.12. The zero-order valence-electron chi connectivity index (χ0n) is 10.1. The second kappa shape index (κ2) is 5.26. The highest BCUT2D eigenvalue weighted by atomic mass is 16.5. The lowest BCUT2D eigenvalue weighted by molar-refractivity contribution is 0.295. The molecule has 0 saturated heterocycles. The molecule has 0 aliphatic carbocycles. The first kappa shape index (κ1) is 12.0. The first-order chi connectivity index (χ1) is 8.65. The molecule has 2 N–H and O–H groups in total. The Hall–Kier alpha value is -2.44. The van der Waals surface area contributed by atoms with Crippen LogP contribution in [0.15, 0.2) is 30.9 Å². The Morgan fingerprint density at radius 2 is 2.28 bits per heavy atom. The molecule has 2 aromatic rings. The lowest BCUT2D eigenvalue weighted by Crippen LogP contribution is -2.09. The van der Waals surface area contributed by atoms with Gasteiger partial charge in [0.2, 0.25) is 11.9 Å². The zero-order valence-corrected chi connectivity index (χ0v) is 10.1.